The van der Waals surface area contributed by atoms with Crippen molar-refractivity contribution in [2.75, 3.05) is 18.0 Å². The Balaban J connectivity index is 2.85. The van der Waals surface area contributed by atoms with Crippen LogP contribution in [-0.2, 0) is 6.54 Å². The number of anilines is 1. The Kier molecular flexibility index (Phi) is 6.05. The second-order valence-corrected chi connectivity index (χ2v) is 4.86. The maximum absolute atomic E-state index is 4.65. The molecule has 0 aromatic carbocycles. The Morgan fingerprint density at radius 1 is 1.28 bits per heavy atom. The van der Waals surface area contributed by atoms with Gasteiger partial charge in [0.25, 0.3) is 0 Å². The fraction of sp³-hybridized carbons (Fsp3) is 0.714. The van der Waals surface area contributed by atoms with Crippen LogP contribution in [0.5, 0.6) is 0 Å². The van der Waals surface area contributed by atoms with Crippen LogP contribution in [0.4, 0.5) is 5.95 Å². The van der Waals surface area contributed by atoms with Gasteiger partial charge in [-0.15, -0.1) is 0 Å². The zero-order chi connectivity index (χ0) is 13.5. The molecule has 0 aliphatic carbocycles. The van der Waals surface area contributed by atoms with Gasteiger partial charge in [-0.25, -0.2) is 9.97 Å². The van der Waals surface area contributed by atoms with Crippen molar-refractivity contribution in [2.24, 2.45) is 0 Å². The number of hydrogen-bond donors (Lipinski definition) is 1. The summed E-state index contributed by atoms with van der Waals surface area (Å²) in [5.74, 6) is 0.848. The molecule has 0 amide bonds. The van der Waals surface area contributed by atoms with Crippen molar-refractivity contribution >= 4 is 5.95 Å². The summed E-state index contributed by atoms with van der Waals surface area (Å²) in [4.78, 5) is 11.4. The molecule has 4 heteroatoms. The second kappa shape index (κ2) is 7.31. The molecule has 0 aliphatic heterocycles. The van der Waals surface area contributed by atoms with Gasteiger partial charge in [0.05, 0.1) is 5.69 Å². The van der Waals surface area contributed by atoms with Crippen LogP contribution in [0.3, 0.4) is 0 Å². The molecule has 0 saturated carbocycles. The molecule has 0 bridgehead atoms. The molecule has 1 aromatic heterocycles. The number of aromatic nitrogens is 2. The summed E-state index contributed by atoms with van der Waals surface area (Å²) >= 11 is 0. The Bertz CT molecular complexity index is 363. The van der Waals surface area contributed by atoms with Crippen LogP contribution < -0.4 is 10.2 Å². The molecule has 0 unspecified atom stereocenters. The highest BCUT2D eigenvalue weighted by atomic mass is 15.3. The summed E-state index contributed by atoms with van der Waals surface area (Å²) < 4.78 is 0. The highest BCUT2D eigenvalue weighted by Gasteiger charge is 2.12. The molecule has 0 atom stereocenters. The molecule has 0 radical (unpaired) electrons. The van der Waals surface area contributed by atoms with Gasteiger partial charge in [0.15, 0.2) is 0 Å². The third-order valence-corrected chi connectivity index (χ3v) is 2.85. The minimum absolute atomic E-state index is 0.424. The van der Waals surface area contributed by atoms with Gasteiger partial charge < -0.3 is 10.2 Å². The number of nitrogens with zero attached hydrogens (tertiary/aromatic N) is 3. The number of rotatable bonds is 7. The lowest BCUT2D eigenvalue weighted by Gasteiger charge is -2.25. The van der Waals surface area contributed by atoms with Crippen molar-refractivity contribution in [3.63, 3.8) is 0 Å². The van der Waals surface area contributed by atoms with Crippen LogP contribution in [0.25, 0.3) is 0 Å². The molecular weight excluding hydrogens is 224 g/mol. The third-order valence-electron chi connectivity index (χ3n) is 2.85. The Morgan fingerprint density at radius 2 is 2.00 bits per heavy atom. The summed E-state index contributed by atoms with van der Waals surface area (Å²) in [6.07, 6.45) is 1.14. The Hall–Kier alpha value is -1.16. The van der Waals surface area contributed by atoms with E-state index in [1.807, 2.05) is 6.92 Å². The summed E-state index contributed by atoms with van der Waals surface area (Å²) in [6, 6.07) is 2.48. The first-order chi connectivity index (χ1) is 8.58. The largest absolute Gasteiger partial charge is 0.339 e. The third kappa shape index (κ3) is 4.26. The van der Waals surface area contributed by atoms with Gasteiger partial charge in [-0.05, 0) is 46.7 Å². The maximum Gasteiger partial charge on any atom is 0.226 e. The van der Waals surface area contributed by atoms with E-state index >= 15 is 0 Å². The van der Waals surface area contributed by atoms with Gasteiger partial charge in [-0.1, -0.05) is 6.92 Å². The predicted molar refractivity (Wildman–Crippen MR) is 76.9 cm³/mol. The molecule has 1 N–H and O–H groups in total. The second-order valence-electron chi connectivity index (χ2n) is 4.86. The molecule has 1 rings (SSSR count). The van der Waals surface area contributed by atoms with E-state index in [9.17, 15) is 0 Å². The highest BCUT2D eigenvalue weighted by Crippen LogP contribution is 2.13. The minimum atomic E-state index is 0.424. The van der Waals surface area contributed by atoms with E-state index in [1.54, 1.807) is 0 Å². The Labute approximate surface area is 111 Å². The van der Waals surface area contributed by atoms with E-state index in [1.165, 1.54) is 0 Å². The van der Waals surface area contributed by atoms with E-state index in [0.29, 0.717) is 6.04 Å². The molecule has 0 fully saturated rings. The zero-order valence-corrected chi connectivity index (χ0v) is 12.3. The monoisotopic (exact) mass is 250 g/mol. The van der Waals surface area contributed by atoms with Crippen LogP contribution in [0.15, 0.2) is 6.07 Å². The van der Waals surface area contributed by atoms with Crippen LogP contribution in [0.2, 0.25) is 0 Å². The molecule has 1 aromatic rings. The zero-order valence-electron chi connectivity index (χ0n) is 12.3. The molecule has 1 heterocycles. The molecular formula is C14H26N4. The normalized spacial score (nSPS) is 11.0. The summed E-state index contributed by atoms with van der Waals surface area (Å²) in [5, 5.41) is 3.38. The summed E-state index contributed by atoms with van der Waals surface area (Å²) in [5.41, 5.74) is 2.11. The quantitative estimate of drug-likeness (QED) is 0.755. The first-order valence-corrected chi connectivity index (χ1v) is 6.90. The Morgan fingerprint density at radius 3 is 2.56 bits per heavy atom. The van der Waals surface area contributed by atoms with E-state index in [2.05, 4.69) is 53.9 Å². The standard InChI is InChI=1S/C14H26N4/c1-6-8-15-10-13-9-12(5)16-14(17-13)18(7-2)11(3)4/h9,11,15H,6-8,10H2,1-5H3. The fourth-order valence-corrected chi connectivity index (χ4v) is 1.97. The van der Waals surface area contributed by atoms with Gasteiger partial charge in [0.1, 0.15) is 0 Å². The van der Waals surface area contributed by atoms with E-state index in [4.69, 9.17) is 0 Å². The van der Waals surface area contributed by atoms with Crippen LogP contribution in [0, 0.1) is 6.92 Å². The van der Waals surface area contributed by atoms with Crippen LogP contribution in [-0.4, -0.2) is 29.1 Å². The van der Waals surface area contributed by atoms with Gasteiger partial charge in [0, 0.05) is 24.8 Å². The van der Waals surface area contributed by atoms with Crippen molar-refractivity contribution in [2.45, 2.75) is 53.6 Å². The molecule has 0 saturated heterocycles. The van der Waals surface area contributed by atoms with Crippen LogP contribution in [0.1, 0.15) is 45.5 Å². The lowest BCUT2D eigenvalue weighted by Crippen LogP contribution is -2.32. The van der Waals surface area contributed by atoms with Crippen LogP contribution >= 0.6 is 0 Å². The fourth-order valence-electron chi connectivity index (χ4n) is 1.97. The molecule has 0 spiro atoms. The number of hydrogen-bond acceptors (Lipinski definition) is 4. The lowest BCUT2D eigenvalue weighted by molar-refractivity contribution is 0.647. The summed E-state index contributed by atoms with van der Waals surface area (Å²) in [6.45, 7) is 13.5. The topological polar surface area (TPSA) is 41.1 Å². The molecule has 18 heavy (non-hydrogen) atoms. The van der Waals surface area contributed by atoms with Crippen molar-refractivity contribution in [3.05, 3.63) is 17.5 Å². The lowest BCUT2D eigenvalue weighted by atomic mass is 10.3. The number of nitrogens with one attached hydrogen (secondary N) is 1. The highest BCUT2D eigenvalue weighted by molar-refractivity contribution is 5.33. The SMILES string of the molecule is CCCNCc1cc(C)nc(N(CC)C(C)C)n1. The van der Waals surface area contributed by atoms with Gasteiger partial charge in [-0.3, -0.25) is 0 Å². The van der Waals surface area contributed by atoms with E-state index < -0.39 is 0 Å². The smallest absolute Gasteiger partial charge is 0.226 e. The van der Waals surface area contributed by atoms with E-state index in [-0.39, 0.29) is 0 Å². The van der Waals surface area contributed by atoms with Crippen molar-refractivity contribution in [1.29, 1.82) is 0 Å². The van der Waals surface area contributed by atoms with Crippen molar-refractivity contribution in [3.8, 4) is 0 Å². The van der Waals surface area contributed by atoms with Gasteiger partial charge in [0.2, 0.25) is 5.95 Å². The minimum Gasteiger partial charge on any atom is -0.339 e. The first kappa shape index (κ1) is 14.9. The van der Waals surface area contributed by atoms with Gasteiger partial charge >= 0.3 is 0 Å². The van der Waals surface area contributed by atoms with Crippen molar-refractivity contribution in [1.82, 2.24) is 15.3 Å². The predicted octanol–water partition coefficient (Wildman–Crippen LogP) is 2.52. The summed E-state index contributed by atoms with van der Waals surface area (Å²) in [7, 11) is 0. The first-order valence-electron chi connectivity index (χ1n) is 6.90. The van der Waals surface area contributed by atoms with E-state index in [0.717, 1.165) is 43.4 Å². The van der Waals surface area contributed by atoms with Gasteiger partial charge in [-0.2, -0.15) is 0 Å². The average Bonchev–Trinajstić information content (AvgIpc) is 2.29. The number of aryl methyl sites for hydroxylation is 1. The molecule has 102 valence electrons. The average molecular weight is 250 g/mol. The maximum atomic E-state index is 4.65. The van der Waals surface area contributed by atoms with Crippen molar-refractivity contribution < 1.29 is 0 Å². The molecule has 0 aliphatic rings. The molecule has 4 nitrogen and oxygen atoms in total.